The van der Waals surface area contributed by atoms with Crippen molar-refractivity contribution in [2.75, 3.05) is 0 Å². The summed E-state index contributed by atoms with van der Waals surface area (Å²) < 4.78 is 0. The van der Waals surface area contributed by atoms with Crippen molar-refractivity contribution in [3.05, 3.63) is 0 Å². The first-order valence-electron chi connectivity index (χ1n) is 5.60. The maximum Gasteiger partial charge on any atom is 0.247 e. The Hall–Kier alpha value is -0.930. The van der Waals surface area contributed by atoms with Crippen LogP contribution < -0.4 is 5.73 Å². The summed E-state index contributed by atoms with van der Waals surface area (Å²) in [5.41, 5.74) is 4.49. The van der Waals surface area contributed by atoms with Crippen LogP contribution in [0.25, 0.3) is 0 Å². The number of carbonyl (C=O) groups excluding carboxylic acids is 1. The summed E-state index contributed by atoms with van der Waals surface area (Å²) in [6, 6.07) is 0. The molecule has 0 saturated heterocycles. The first-order valence-corrected chi connectivity index (χ1v) is 5.60. The van der Waals surface area contributed by atoms with Gasteiger partial charge in [0.1, 0.15) is 0 Å². The Morgan fingerprint density at radius 3 is 2.13 bits per heavy atom. The summed E-state index contributed by atoms with van der Waals surface area (Å²) in [5, 5.41) is 8.43. The molecule has 0 radical (unpaired) electrons. The minimum Gasteiger partial charge on any atom is -0.368 e. The SMILES string of the molecule is CC(C)(C)/N=N/C1(C(N)=O)CCCCC1. The van der Waals surface area contributed by atoms with Crippen molar-refractivity contribution in [3.63, 3.8) is 0 Å². The third-order valence-corrected chi connectivity index (χ3v) is 2.68. The first-order chi connectivity index (χ1) is 6.86. The van der Waals surface area contributed by atoms with Gasteiger partial charge in [0.15, 0.2) is 5.54 Å². The smallest absolute Gasteiger partial charge is 0.247 e. The van der Waals surface area contributed by atoms with E-state index in [2.05, 4.69) is 10.2 Å². The second-order valence-corrected chi connectivity index (χ2v) is 5.33. The Morgan fingerprint density at radius 2 is 1.73 bits per heavy atom. The fourth-order valence-corrected chi connectivity index (χ4v) is 1.78. The van der Waals surface area contributed by atoms with Crippen LogP contribution in [0.5, 0.6) is 0 Å². The maximum atomic E-state index is 11.5. The highest BCUT2D eigenvalue weighted by molar-refractivity contribution is 5.84. The lowest BCUT2D eigenvalue weighted by Crippen LogP contribution is -2.43. The van der Waals surface area contributed by atoms with E-state index in [1.54, 1.807) is 0 Å². The van der Waals surface area contributed by atoms with Crippen molar-refractivity contribution in [2.24, 2.45) is 16.0 Å². The van der Waals surface area contributed by atoms with Gasteiger partial charge in [0.2, 0.25) is 5.91 Å². The number of hydrogen-bond donors (Lipinski definition) is 1. The van der Waals surface area contributed by atoms with Gasteiger partial charge in [-0.15, -0.1) is 0 Å². The van der Waals surface area contributed by atoms with E-state index in [0.29, 0.717) is 0 Å². The molecule has 1 aliphatic rings. The van der Waals surface area contributed by atoms with Gasteiger partial charge in [-0.05, 0) is 33.6 Å². The fourth-order valence-electron chi connectivity index (χ4n) is 1.78. The topological polar surface area (TPSA) is 67.8 Å². The summed E-state index contributed by atoms with van der Waals surface area (Å²) in [7, 11) is 0. The second-order valence-electron chi connectivity index (χ2n) is 5.33. The number of hydrogen-bond acceptors (Lipinski definition) is 3. The van der Waals surface area contributed by atoms with Crippen LogP contribution in [0.15, 0.2) is 10.2 Å². The predicted octanol–water partition coefficient (Wildman–Crippen LogP) is 2.43. The van der Waals surface area contributed by atoms with Gasteiger partial charge in [-0.1, -0.05) is 19.3 Å². The Bertz CT molecular complexity index is 259. The van der Waals surface area contributed by atoms with E-state index in [-0.39, 0.29) is 11.4 Å². The standard InChI is InChI=1S/C11H21N3O/c1-10(2,3)13-14-11(9(12)15)7-5-4-6-8-11/h4-8H2,1-3H3,(H2,12,15)/b14-13+. The Balaban J connectivity index is 2.82. The lowest BCUT2D eigenvalue weighted by molar-refractivity contribution is -0.124. The average molecular weight is 211 g/mol. The normalized spacial score (nSPS) is 21.8. The van der Waals surface area contributed by atoms with Crippen LogP contribution >= 0.6 is 0 Å². The van der Waals surface area contributed by atoms with Crippen molar-refractivity contribution in [3.8, 4) is 0 Å². The molecule has 4 heteroatoms. The second kappa shape index (κ2) is 4.29. The zero-order chi connectivity index (χ0) is 11.5. The number of amides is 1. The molecular formula is C11H21N3O. The highest BCUT2D eigenvalue weighted by Gasteiger charge is 2.38. The van der Waals surface area contributed by atoms with E-state index in [1.807, 2.05) is 20.8 Å². The lowest BCUT2D eigenvalue weighted by atomic mass is 9.82. The van der Waals surface area contributed by atoms with Crippen LogP contribution in [0.4, 0.5) is 0 Å². The maximum absolute atomic E-state index is 11.5. The van der Waals surface area contributed by atoms with Crippen molar-refractivity contribution < 1.29 is 4.79 Å². The molecule has 0 aromatic heterocycles. The molecule has 1 rings (SSSR count). The summed E-state index contributed by atoms with van der Waals surface area (Å²) in [6.07, 6.45) is 4.71. The average Bonchev–Trinajstić information content (AvgIpc) is 2.15. The van der Waals surface area contributed by atoms with Gasteiger partial charge in [0, 0.05) is 0 Å². The zero-order valence-corrected chi connectivity index (χ0v) is 9.92. The lowest BCUT2D eigenvalue weighted by Gasteiger charge is -2.29. The van der Waals surface area contributed by atoms with Gasteiger partial charge in [-0.25, -0.2) is 0 Å². The van der Waals surface area contributed by atoms with Crippen LogP contribution in [-0.2, 0) is 4.79 Å². The van der Waals surface area contributed by atoms with E-state index in [1.165, 1.54) is 6.42 Å². The molecule has 15 heavy (non-hydrogen) atoms. The van der Waals surface area contributed by atoms with Crippen molar-refractivity contribution in [1.82, 2.24) is 0 Å². The molecule has 0 aromatic carbocycles. The molecule has 0 unspecified atom stereocenters. The molecule has 1 aliphatic carbocycles. The van der Waals surface area contributed by atoms with E-state index in [9.17, 15) is 4.79 Å². The highest BCUT2D eigenvalue weighted by Crippen LogP contribution is 2.32. The van der Waals surface area contributed by atoms with Crippen molar-refractivity contribution in [2.45, 2.75) is 64.0 Å². The predicted molar refractivity (Wildman–Crippen MR) is 59.6 cm³/mol. The molecule has 1 saturated carbocycles. The van der Waals surface area contributed by atoms with Crippen LogP contribution in [0.3, 0.4) is 0 Å². The molecule has 1 fully saturated rings. The summed E-state index contributed by atoms with van der Waals surface area (Å²) >= 11 is 0. The molecule has 0 bridgehead atoms. The number of carbonyl (C=O) groups is 1. The van der Waals surface area contributed by atoms with E-state index < -0.39 is 5.54 Å². The van der Waals surface area contributed by atoms with Crippen LogP contribution in [0.2, 0.25) is 0 Å². The van der Waals surface area contributed by atoms with Gasteiger partial charge < -0.3 is 5.73 Å². The molecule has 0 spiro atoms. The number of primary amides is 1. The fraction of sp³-hybridized carbons (Fsp3) is 0.909. The van der Waals surface area contributed by atoms with E-state index in [4.69, 9.17) is 5.73 Å². The monoisotopic (exact) mass is 211 g/mol. The highest BCUT2D eigenvalue weighted by atomic mass is 16.1. The van der Waals surface area contributed by atoms with Gasteiger partial charge >= 0.3 is 0 Å². The number of nitrogens with zero attached hydrogens (tertiary/aromatic N) is 2. The molecule has 0 aromatic rings. The minimum absolute atomic E-state index is 0.236. The molecule has 86 valence electrons. The van der Waals surface area contributed by atoms with Crippen molar-refractivity contribution >= 4 is 5.91 Å². The number of nitrogens with two attached hydrogens (primary N) is 1. The van der Waals surface area contributed by atoms with Crippen LogP contribution in [0.1, 0.15) is 52.9 Å². The number of rotatable bonds is 2. The van der Waals surface area contributed by atoms with Gasteiger partial charge in [-0.3, -0.25) is 4.79 Å². The van der Waals surface area contributed by atoms with Gasteiger partial charge in [0.25, 0.3) is 0 Å². The van der Waals surface area contributed by atoms with E-state index in [0.717, 1.165) is 25.7 Å². The van der Waals surface area contributed by atoms with E-state index >= 15 is 0 Å². The molecule has 0 aliphatic heterocycles. The van der Waals surface area contributed by atoms with Crippen LogP contribution in [0, 0.1) is 0 Å². The Labute approximate surface area is 91.3 Å². The van der Waals surface area contributed by atoms with Crippen molar-refractivity contribution in [1.29, 1.82) is 0 Å². The van der Waals surface area contributed by atoms with Gasteiger partial charge in [0.05, 0.1) is 5.54 Å². The molecule has 1 amide bonds. The molecule has 0 heterocycles. The Morgan fingerprint density at radius 1 is 1.20 bits per heavy atom. The molecule has 4 nitrogen and oxygen atoms in total. The quantitative estimate of drug-likeness (QED) is 0.700. The minimum atomic E-state index is -0.717. The zero-order valence-electron chi connectivity index (χ0n) is 9.92. The third-order valence-electron chi connectivity index (χ3n) is 2.68. The molecule has 2 N–H and O–H groups in total. The number of azo groups is 1. The largest absolute Gasteiger partial charge is 0.368 e. The summed E-state index contributed by atoms with van der Waals surface area (Å²) in [4.78, 5) is 11.5. The molecular weight excluding hydrogens is 190 g/mol. The molecule has 0 atom stereocenters. The van der Waals surface area contributed by atoms with Crippen LogP contribution in [-0.4, -0.2) is 17.0 Å². The summed E-state index contributed by atoms with van der Waals surface area (Å²) in [5.74, 6) is -0.324. The Kier molecular flexibility index (Phi) is 3.47. The summed E-state index contributed by atoms with van der Waals surface area (Å²) in [6.45, 7) is 5.90. The van der Waals surface area contributed by atoms with Gasteiger partial charge in [-0.2, -0.15) is 10.2 Å². The first kappa shape index (κ1) is 12.1. The third kappa shape index (κ3) is 3.29.